The third-order valence-corrected chi connectivity index (χ3v) is 2.98. The van der Waals surface area contributed by atoms with Crippen molar-refractivity contribution in [1.82, 2.24) is 10.2 Å². The number of carboxylic acid groups (broad SMARTS) is 1. The predicted octanol–water partition coefficient (Wildman–Crippen LogP) is 0.668. The van der Waals surface area contributed by atoms with Gasteiger partial charge in [-0.05, 0) is 34.6 Å². The zero-order valence-corrected chi connectivity index (χ0v) is 13.2. The predicted molar refractivity (Wildman–Crippen MR) is 75.9 cm³/mol. The number of ether oxygens (including phenoxy) is 1. The number of nitrogens with one attached hydrogen (secondary N) is 1. The molecule has 22 heavy (non-hydrogen) atoms. The Balaban J connectivity index is 2.68. The molecule has 0 bridgehead atoms. The van der Waals surface area contributed by atoms with E-state index >= 15 is 0 Å². The summed E-state index contributed by atoms with van der Waals surface area (Å²) in [6.45, 7) is 7.90. The lowest BCUT2D eigenvalue weighted by atomic mass is 9.96. The first-order valence-corrected chi connectivity index (χ1v) is 6.72. The number of rotatable bonds is 3. The Morgan fingerprint density at radius 1 is 1.32 bits per heavy atom. The topological polar surface area (TPSA) is 113 Å². The molecule has 8 nitrogen and oxygen atoms in total. The van der Waals surface area contributed by atoms with Crippen LogP contribution in [0.4, 0.5) is 4.79 Å². The molecule has 1 fully saturated rings. The van der Waals surface area contributed by atoms with Crippen molar-refractivity contribution in [2.75, 3.05) is 0 Å². The lowest BCUT2D eigenvalue weighted by Crippen LogP contribution is -2.71. The van der Waals surface area contributed by atoms with Gasteiger partial charge in [-0.1, -0.05) is 0 Å². The van der Waals surface area contributed by atoms with Crippen LogP contribution in [0.15, 0.2) is 11.6 Å². The molecule has 0 aliphatic carbocycles. The molecule has 0 aromatic carbocycles. The standard InChI is InChI=1S/C14H20N2O6/c1-7(12(19)20)6-9(17)16-8(2)10(11(16)18)15-13(21)22-14(3,4)5/h6,8,10H,1-5H3,(H,15,21)(H,19,20)/t8-,10+/m1/s1. The van der Waals surface area contributed by atoms with Crippen LogP contribution in [-0.4, -0.2) is 51.6 Å². The van der Waals surface area contributed by atoms with Crippen LogP contribution in [0.1, 0.15) is 34.6 Å². The minimum Gasteiger partial charge on any atom is -0.478 e. The molecule has 0 radical (unpaired) electrons. The fraction of sp³-hybridized carbons (Fsp3) is 0.571. The fourth-order valence-corrected chi connectivity index (χ4v) is 1.87. The van der Waals surface area contributed by atoms with E-state index in [9.17, 15) is 19.2 Å². The molecule has 2 atom stereocenters. The van der Waals surface area contributed by atoms with Crippen LogP contribution in [0.2, 0.25) is 0 Å². The maximum Gasteiger partial charge on any atom is 0.408 e. The van der Waals surface area contributed by atoms with Crippen LogP contribution < -0.4 is 5.32 Å². The summed E-state index contributed by atoms with van der Waals surface area (Å²) in [6, 6.07) is -1.44. The van der Waals surface area contributed by atoms with Gasteiger partial charge in [0.15, 0.2) is 0 Å². The van der Waals surface area contributed by atoms with Gasteiger partial charge in [-0.25, -0.2) is 9.59 Å². The summed E-state index contributed by atoms with van der Waals surface area (Å²) in [6.07, 6.45) is 0.127. The molecule has 0 aromatic heterocycles. The second-order valence-corrected chi connectivity index (χ2v) is 6.04. The maximum atomic E-state index is 11.9. The van der Waals surface area contributed by atoms with E-state index in [-0.39, 0.29) is 5.57 Å². The van der Waals surface area contributed by atoms with Crippen LogP contribution in [0.3, 0.4) is 0 Å². The number of nitrogens with zero attached hydrogens (tertiary/aromatic N) is 1. The lowest BCUT2D eigenvalue weighted by Gasteiger charge is -2.43. The summed E-state index contributed by atoms with van der Waals surface area (Å²) >= 11 is 0. The van der Waals surface area contributed by atoms with E-state index in [0.717, 1.165) is 11.0 Å². The lowest BCUT2D eigenvalue weighted by molar-refractivity contribution is -0.158. The second-order valence-electron chi connectivity index (χ2n) is 6.04. The number of carboxylic acids is 1. The fourth-order valence-electron chi connectivity index (χ4n) is 1.87. The van der Waals surface area contributed by atoms with E-state index in [1.54, 1.807) is 27.7 Å². The highest BCUT2D eigenvalue weighted by molar-refractivity contribution is 6.10. The highest BCUT2D eigenvalue weighted by Crippen LogP contribution is 2.21. The number of imide groups is 1. The number of carbonyl (C=O) groups excluding carboxylic acids is 3. The van der Waals surface area contributed by atoms with Crippen molar-refractivity contribution in [3.63, 3.8) is 0 Å². The number of hydrogen-bond acceptors (Lipinski definition) is 5. The summed E-state index contributed by atoms with van der Waals surface area (Å²) in [5, 5.41) is 11.1. The van der Waals surface area contributed by atoms with Gasteiger partial charge in [0.05, 0.1) is 6.04 Å². The Hall–Kier alpha value is -2.38. The third kappa shape index (κ3) is 4.06. The second kappa shape index (κ2) is 6.17. The molecule has 1 heterocycles. The Morgan fingerprint density at radius 3 is 2.27 bits per heavy atom. The Bertz CT molecular complexity index is 546. The molecule has 1 aliphatic rings. The molecule has 122 valence electrons. The van der Waals surface area contributed by atoms with E-state index in [0.29, 0.717) is 0 Å². The molecule has 0 saturated carbocycles. The van der Waals surface area contributed by atoms with Gasteiger partial charge in [0.25, 0.3) is 11.8 Å². The normalized spacial score (nSPS) is 22.0. The quantitative estimate of drug-likeness (QED) is 0.585. The number of carbonyl (C=O) groups is 4. The average molecular weight is 312 g/mol. The highest BCUT2D eigenvalue weighted by atomic mass is 16.6. The van der Waals surface area contributed by atoms with Gasteiger partial charge in [0.1, 0.15) is 11.6 Å². The minimum atomic E-state index is -1.24. The first-order valence-electron chi connectivity index (χ1n) is 6.72. The van der Waals surface area contributed by atoms with Crippen LogP contribution >= 0.6 is 0 Å². The van der Waals surface area contributed by atoms with Crippen molar-refractivity contribution in [1.29, 1.82) is 0 Å². The van der Waals surface area contributed by atoms with Crippen molar-refractivity contribution in [3.8, 4) is 0 Å². The summed E-state index contributed by atoms with van der Waals surface area (Å²) in [7, 11) is 0. The Labute approximate surface area is 128 Å². The maximum absolute atomic E-state index is 11.9. The van der Waals surface area contributed by atoms with E-state index in [2.05, 4.69) is 5.32 Å². The SMILES string of the molecule is CC(=CC(=O)N1C(=O)[C@@H](NC(=O)OC(C)(C)C)[C@H]1C)C(=O)O. The summed E-state index contributed by atoms with van der Waals surface area (Å²) in [5.41, 5.74) is -0.870. The van der Waals surface area contributed by atoms with Crippen molar-refractivity contribution < 1.29 is 29.0 Å². The van der Waals surface area contributed by atoms with E-state index in [4.69, 9.17) is 9.84 Å². The number of hydrogen-bond donors (Lipinski definition) is 2. The van der Waals surface area contributed by atoms with Crippen LogP contribution in [0, 0.1) is 0 Å². The summed E-state index contributed by atoms with van der Waals surface area (Å²) < 4.78 is 5.04. The van der Waals surface area contributed by atoms with Crippen molar-refractivity contribution in [3.05, 3.63) is 11.6 Å². The van der Waals surface area contributed by atoms with Gasteiger partial charge >= 0.3 is 12.1 Å². The number of β-lactam (4-membered cyclic amide) rings is 1. The van der Waals surface area contributed by atoms with E-state index < -0.39 is 41.6 Å². The Kier molecular flexibility index (Phi) is 4.95. The van der Waals surface area contributed by atoms with Gasteiger partial charge in [-0.15, -0.1) is 0 Å². The number of aliphatic carboxylic acids is 1. The van der Waals surface area contributed by atoms with E-state index in [1.165, 1.54) is 6.92 Å². The molecule has 0 aromatic rings. The number of amides is 3. The van der Waals surface area contributed by atoms with Gasteiger partial charge < -0.3 is 15.2 Å². The summed E-state index contributed by atoms with van der Waals surface area (Å²) in [4.78, 5) is 47.0. The molecule has 1 saturated heterocycles. The van der Waals surface area contributed by atoms with E-state index in [1.807, 2.05) is 0 Å². The summed E-state index contributed by atoms with van der Waals surface area (Å²) in [5.74, 6) is -2.56. The smallest absolute Gasteiger partial charge is 0.408 e. The van der Waals surface area contributed by atoms with Gasteiger partial charge in [0, 0.05) is 11.6 Å². The molecule has 1 aliphatic heterocycles. The number of likely N-dealkylation sites (tertiary alicyclic amines) is 1. The van der Waals surface area contributed by atoms with Gasteiger partial charge in [0.2, 0.25) is 0 Å². The largest absolute Gasteiger partial charge is 0.478 e. The first-order chi connectivity index (χ1) is 9.94. The van der Waals surface area contributed by atoms with Crippen LogP contribution in [0.5, 0.6) is 0 Å². The number of alkyl carbamates (subject to hydrolysis) is 1. The molecule has 0 unspecified atom stereocenters. The molecular weight excluding hydrogens is 292 g/mol. The van der Waals surface area contributed by atoms with Gasteiger partial charge in [-0.3, -0.25) is 14.5 Å². The van der Waals surface area contributed by atoms with Crippen LogP contribution in [0.25, 0.3) is 0 Å². The monoisotopic (exact) mass is 312 g/mol. The Morgan fingerprint density at radius 2 is 1.86 bits per heavy atom. The van der Waals surface area contributed by atoms with Crippen LogP contribution in [-0.2, 0) is 19.1 Å². The zero-order valence-electron chi connectivity index (χ0n) is 13.2. The zero-order chi connectivity index (χ0) is 17.2. The third-order valence-electron chi connectivity index (χ3n) is 2.98. The molecule has 8 heteroatoms. The molecule has 3 amide bonds. The average Bonchev–Trinajstić information content (AvgIpc) is 2.34. The molecular formula is C14H20N2O6. The van der Waals surface area contributed by atoms with Gasteiger partial charge in [-0.2, -0.15) is 0 Å². The molecule has 0 spiro atoms. The first kappa shape index (κ1) is 17.7. The molecule has 1 rings (SSSR count). The van der Waals surface area contributed by atoms with Crippen molar-refractivity contribution in [2.45, 2.75) is 52.3 Å². The molecule has 2 N–H and O–H groups in total. The minimum absolute atomic E-state index is 0.173. The van der Waals surface area contributed by atoms with Crippen molar-refractivity contribution >= 4 is 23.9 Å². The van der Waals surface area contributed by atoms with Crippen molar-refractivity contribution in [2.24, 2.45) is 0 Å². The highest BCUT2D eigenvalue weighted by Gasteiger charge is 2.48.